The first-order valence-corrected chi connectivity index (χ1v) is 9.62. The third-order valence-electron chi connectivity index (χ3n) is 3.92. The van der Waals surface area contributed by atoms with Crippen LogP contribution in [-0.4, -0.2) is 61.5 Å². The van der Waals surface area contributed by atoms with Crippen molar-refractivity contribution in [3.8, 4) is 0 Å². The molecule has 12 heteroatoms. The number of nitrogens with zero attached hydrogens (tertiary/aromatic N) is 5. The van der Waals surface area contributed by atoms with E-state index in [0.29, 0.717) is 17.0 Å². The van der Waals surface area contributed by atoms with Gasteiger partial charge in [-0.15, -0.1) is 0 Å². The van der Waals surface area contributed by atoms with E-state index in [2.05, 4.69) is 19.9 Å². The quantitative estimate of drug-likeness (QED) is 0.591. The number of ether oxygens (including phenoxy) is 1. The van der Waals surface area contributed by atoms with E-state index in [-0.39, 0.29) is 12.5 Å². The zero-order valence-corrected chi connectivity index (χ0v) is 14.3. The van der Waals surface area contributed by atoms with Gasteiger partial charge in [0, 0.05) is 13.1 Å². The Morgan fingerprint density at radius 2 is 2.08 bits per heavy atom. The Hall–Kier alpha value is -1.81. The highest BCUT2D eigenvalue weighted by Crippen LogP contribution is 2.34. The molecule has 1 aliphatic rings. The lowest BCUT2D eigenvalue weighted by atomic mass is 10.3. The summed E-state index contributed by atoms with van der Waals surface area (Å²) in [4.78, 5) is 32.5. The molecule has 4 N–H and O–H groups in total. The number of fused-ring (bicyclic) bond motifs is 1. The minimum Gasteiger partial charge on any atom is -0.368 e. The number of hydrogen-bond acceptors (Lipinski definition) is 7. The van der Waals surface area contributed by atoms with Gasteiger partial charge in [-0.05, 0) is 12.8 Å². The van der Waals surface area contributed by atoms with E-state index in [1.54, 1.807) is 4.57 Å². The molecule has 138 valence electrons. The molecule has 0 amide bonds. The van der Waals surface area contributed by atoms with E-state index in [9.17, 15) is 8.96 Å². The van der Waals surface area contributed by atoms with E-state index < -0.39 is 26.7 Å². The van der Waals surface area contributed by atoms with Crippen LogP contribution >= 0.6 is 7.60 Å². The van der Waals surface area contributed by atoms with Crippen molar-refractivity contribution >= 4 is 30.5 Å². The predicted molar refractivity (Wildman–Crippen MR) is 88.9 cm³/mol. The van der Waals surface area contributed by atoms with Gasteiger partial charge in [0.25, 0.3) is 0 Å². The molecule has 1 saturated heterocycles. The van der Waals surface area contributed by atoms with Crippen molar-refractivity contribution in [3.05, 3.63) is 6.33 Å². The van der Waals surface area contributed by atoms with Gasteiger partial charge < -0.3 is 29.7 Å². The summed E-state index contributed by atoms with van der Waals surface area (Å²) in [7, 11) is -4.37. The summed E-state index contributed by atoms with van der Waals surface area (Å²) in [6, 6.07) is 0. The number of anilines is 2. The summed E-state index contributed by atoms with van der Waals surface area (Å²) in [5.41, 5.74) is 6.80. The van der Waals surface area contributed by atoms with Crippen molar-refractivity contribution in [2.75, 3.05) is 36.7 Å². The molecule has 0 bridgehead atoms. The summed E-state index contributed by atoms with van der Waals surface area (Å²) >= 11 is 0. The molecular weight excluding hydrogens is 354 g/mol. The Labute approximate surface area is 143 Å². The van der Waals surface area contributed by atoms with Gasteiger partial charge in [0.05, 0.1) is 12.9 Å². The molecule has 1 fully saturated rings. The largest absolute Gasteiger partial charge is 0.368 e. The number of nitrogen functional groups attached to an aromatic ring is 1. The molecule has 2 aromatic rings. The van der Waals surface area contributed by atoms with Crippen LogP contribution < -0.4 is 10.6 Å². The van der Waals surface area contributed by atoms with Crippen LogP contribution in [0, 0.1) is 0 Å². The molecule has 0 aromatic carbocycles. The van der Waals surface area contributed by atoms with Gasteiger partial charge in [-0.3, -0.25) is 4.57 Å². The van der Waals surface area contributed by atoms with E-state index in [4.69, 9.17) is 20.3 Å². The van der Waals surface area contributed by atoms with Crippen LogP contribution in [0.25, 0.3) is 11.2 Å². The zero-order chi connectivity index (χ0) is 18.0. The highest BCUT2D eigenvalue weighted by atomic mass is 31.2. The zero-order valence-electron chi connectivity index (χ0n) is 13.5. The number of nitrogens with two attached hydrogens (primary N) is 1. The van der Waals surface area contributed by atoms with Gasteiger partial charge in [0.15, 0.2) is 17.0 Å². The third-order valence-corrected chi connectivity index (χ3v) is 4.40. The van der Waals surface area contributed by atoms with Crippen LogP contribution in [0.4, 0.5) is 16.2 Å². The Morgan fingerprint density at radius 3 is 2.72 bits per heavy atom. The first-order valence-electron chi connectivity index (χ1n) is 7.83. The number of aromatic nitrogens is 4. The van der Waals surface area contributed by atoms with Gasteiger partial charge >= 0.3 is 7.60 Å². The molecule has 1 atom stereocenters. The molecule has 2 aromatic heterocycles. The Morgan fingerprint density at radius 1 is 1.36 bits per heavy atom. The highest BCUT2D eigenvalue weighted by molar-refractivity contribution is 7.51. The van der Waals surface area contributed by atoms with Crippen molar-refractivity contribution in [1.82, 2.24) is 19.5 Å². The lowest BCUT2D eigenvalue weighted by Gasteiger charge is -2.18. The Balaban J connectivity index is 1.85. The fraction of sp³-hybridized carbons (Fsp3) is 0.615. The molecule has 0 spiro atoms. The summed E-state index contributed by atoms with van der Waals surface area (Å²) in [6.07, 6.45) is 1.72. The fourth-order valence-electron chi connectivity index (χ4n) is 2.80. The second-order valence-corrected chi connectivity index (χ2v) is 7.49. The van der Waals surface area contributed by atoms with Crippen LogP contribution in [0.15, 0.2) is 6.33 Å². The smallest absolute Gasteiger partial charge is 0.350 e. The average molecular weight is 374 g/mol. The minimum atomic E-state index is -4.37. The summed E-state index contributed by atoms with van der Waals surface area (Å²) < 4.78 is 30.6. The second-order valence-electron chi connectivity index (χ2n) is 5.91. The van der Waals surface area contributed by atoms with Crippen molar-refractivity contribution in [3.63, 3.8) is 0 Å². The van der Waals surface area contributed by atoms with Crippen molar-refractivity contribution < 1.29 is 23.5 Å². The lowest BCUT2D eigenvalue weighted by molar-refractivity contribution is 0.0445. The van der Waals surface area contributed by atoms with Gasteiger partial charge in [-0.25, -0.2) is 9.37 Å². The fourth-order valence-corrected chi connectivity index (χ4v) is 3.20. The first-order chi connectivity index (χ1) is 11.9. The molecule has 25 heavy (non-hydrogen) atoms. The van der Waals surface area contributed by atoms with Gasteiger partial charge in [0.1, 0.15) is 19.1 Å². The number of imidazole rings is 1. The van der Waals surface area contributed by atoms with E-state index in [0.717, 1.165) is 25.9 Å². The number of hydrogen-bond donors (Lipinski definition) is 3. The molecule has 1 aliphatic heterocycles. The topological polar surface area (TPSA) is 140 Å². The highest BCUT2D eigenvalue weighted by Gasteiger charge is 2.23. The van der Waals surface area contributed by atoms with Crippen molar-refractivity contribution in [2.24, 2.45) is 0 Å². The molecule has 3 rings (SSSR count). The summed E-state index contributed by atoms with van der Waals surface area (Å²) in [6.45, 7) is 0.815. The SMILES string of the molecule is Nc1nc(N2CCCC2)c2ncn(C[C@H](CF)OCP(=O)(O)O)c2n1. The molecular formula is C13H20FN6O4P. The number of rotatable bonds is 7. The van der Waals surface area contributed by atoms with Gasteiger partial charge in [0.2, 0.25) is 5.95 Å². The number of halogens is 1. The molecule has 0 unspecified atom stereocenters. The second kappa shape index (κ2) is 7.20. The monoisotopic (exact) mass is 374 g/mol. The van der Waals surface area contributed by atoms with E-state index in [1.165, 1.54) is 6.33 Å². The van der Waals surface area contributed by atoms with E-state index in [1.807, 2.05) is 0 Å². The predicted octanol–water partition coefficient (Wildman–Crippen LogP) is 0.499. The molecule has 0 aliphatic carbocycles. The maximum atomic E-state index is 13.2. The Bertz CT molecular complexity index is 790. The molecule has 10 nitrogen and oxygen atoms in total. The van der Waals surface area contributed by atoms with E-state index >= 15 is 0 Å². The normalized spacial score (nSPS) is 16.7. The number of alkyl halides is 1. The van der Waals surface area contributed by atoms with Crippen molar-refractivity contribution in [1.29, 1.82) is 0 Å². The summed E-state index contributed by atoms with van der Waals surface area (Å²) in [5, 5.41) is 0. The molecule has 0 saturated carbocycles. The first kappa shape index (κ1) is 18.0. The third kappa shape index (κ3) is 4.24. The average Bonchev–Trinajstić information content (AvgIpc) is 3.20. The lowest BCUT2D eigenvalue weighted by Crippen LogP contribution is -2.23. The van der Waals surface area contributed by atoms with Crippen LogP contribution in [0.3, 0.4) is 0 Å². The van der Waals surface area contributed by atoms with Crippen molar-refractivity contribution in [2.45, 2.75) is 25.5 Å². The van der Waals surface area contributed by atoms with Crippen LogP contribution in [0.5, 0.6) is 0 Å². The summed E-state index contributed by atoms with van der Waals surface area (Å²) in [5.74, 6) is 0.732. The minimum absolute atomic E-state index is 0.00287. The molecule has 0 radical (unpaired) electrons. The standard InChI is InChI=1S/C13H20FN6O4P/c14-5-9(24-8-25(21,22)23)6-20-7-16-10-11(19-3-1-2-4-19)17-13(15)18-12(10)20/h7,9H,1-6,8H2,(H2,15,17,18)(H2,21,22,23)/t9-/m0/s1. The van der Waals surface area contributed by atoms with Crippen LogP contribution in [-0.2, 0) is 15.8 Å². The Kier molecular flexibility index (Phi) is 5.19. The van der Waals surface area contributed by atoms with Gasteiger partial charge in [-0.1, -0.05) is 0 Å². The maximum absolute atomic E-state index is 13.2. The van der Waals surface area contributed by atoms with Crippen LogP contribution in [0.2, 0.25) is 0 Å². The van der Waals surface area contributed by atoms with Gasteiger partial charge in [-0.2, -0.15) is 9.97 Å². The maximum Gasteiger partial charge on any atom is 0.350 e. The van der Waals surface area contributed by atoms with Crippen LogP contribution in [0.1, 0.15) is 12.8 Å². The molecule has 3 heterocycles.